The Morgan fingerprint density at radius 2 is 1.92 bits per heavy atom. The lowest BCUT2D eigenvalue weighted by molar-refractivity contribution is -0.122. The van der Waals surface area contributed by atoms with Crippen LogP contribution in [0.25, 0.3) is 0 Å². The summed E-state index contributed by atoms with van der Waals surface area (Å²) < 4.78 is 5.01. The summed E-state index contributed by atoms with van der Waals surface area (Å²) in [4.78, 5) is 26.0. The summed E-state index contributed by atoms with van der Waals surface area (Å²) in [6.07, 6.45) is 5.76. The molecule has 0 bridgehead atoms. The molecule has 1 saturated carbocycles. The molecule has 1 fully saturated rings. The van der Waals surface area contributed by atoms with Crippen molar-refractivity contribution >= 4 is 28.2 Å². The van der Waals surface area contributed by atoms with Crippen LogP contribution in [0.3, 0.4) is 0 Å². The fourth-order valence-corrected chi connectivity index (χ4v) is 5.20. The lowest BCUT2D eigenvalue weighted by atomic mass is 9.83. The second-order valence-electron chi connectivity index (χ2n) is 7.17. The van der Waals surface area contributed by atoms with Crippen molar-refractivity contribution in [3.05, 3.63) is 51.9 Å². The molecule has 136 valence electrons. The van der Waals surface area contributed by atoms with Crippen molar-refractivity contribution in [2.24, 2.45) is 5.92 Å². The number of carbonyl (C=O) groups is 2. The number of carbonyl (C=O) groups excluding carboxylic acids is 2. The summed E-state index contributed by atoms with van der Waals surface area (Å²) in [5, 5.41) is 3.69. The minimum Gasteiger partial charge on any atom is -0.465 e. The number of nitrogens with one attached hydrogen (secondary N) is 1. The van der Waals surface area contributed by atoms with Crippen LogP contribution in [0.15, 0.2) is 30.3 Å². The van der Waals surface area contributed by atoms with E-state index in [2.05, 4.69) is 29.6 Å². The van der Waals surface area contributed by atoms with Gasteiger partial charge in [-0.3, -0.25) is 4.79 Å². The number of benzene rings is 1. The third-order valence-electron chi connectivity index (χ3n) is 5.64. The van der Waals surface area contributed by atoms with Crippen LogP contribution in [-0.2, 0) is 22.4 Å². The Morgan fingerprint density at radius 1 is 1.15 bits per heavy atom. The number of esters is 1. The molecule has 0 aliphatic heterocycles. The fourth-order valence-electron chi connectivity index (χ4n) is 3.89. The van der Waals surface area contributed by atoms with E-state index in [0.717, 1.165) is 44.1 Å². The smallest absolute Gasteiger partial charge is 0.341 e. The van der Waals surface area contributed by atoms with Crippen LogP contribution < -0.4 is 5.32 Å². The van der Waals surface area contributed by atoms with Gasteiger partial charge in [0.25, 0.3) is 0 Å². The van der Waals surface area contributed by atoms with Gasteiger partial charge in [0.1, 0.15) is 5.00 Å². The summed E-state index contributed by atoms with van der Waals surface area (Å²) in [5.41, 5.74) is 2.98. The largest absolute Gasteiger partial charge is 0.465 e. The highest BCUT2D eigenvalue weighted by Gasteiger charge is 2.32. The van der Waals surface area contributed by atoms with Crippen LogP contribution in [0.4, 0.5) is 5.00 Å². The minimum absolute atomic E-state index is 0.0413. The van der Waals surface area contributed by atoms with E-state index in [1.54, 1.807) is 11.3 Å². The Balaban J connectivity index is 1.62. The predicted molar refractivity (Wildman–Crippen MR) is 103 cm³/mol. The molecule has 0 spiro atoms. The standard InChI is InChI=1S/C21H23NO3S/c1-25-21(24)18-16-11-10-15(13-6-3-2-4-7-13)12-17(16)26-20(18)22-19(23)14-8-5-9-14/h2-4,6-7,14-15H,5,8-12H2,1H3,(H,22,23)/t15-/m1/s1. The molecule has 4 rings (SSSR count). The number of anilines is 1. The molecule has 1 atom stereocenters. The van der Waals surface area contributed by atoms with Crippen LogP contribution in [0.5, 0.6) is 0 Å². The Bertz CT molecular complexity index is 823. The van der Waals surface area contributed by atoms with E-state index in [-0.39, 0.29) is 17.8 Å². The van der Waals surface area contributed by atoms with Crippen LogP contribution in [0.2, 0.25) is 0 Å². The molecular formula is C21H23NO3S. The van der Waals surface area contributed by atoms with Crippen molar-refractivity contribution in [1.82, 2.24) is 0 Å². The van der Waals surface area contributed by atoms with E-state index in [1.807, 2.05) is 6.07 Å². The number of fused-ring (bicyclic) bond motifs is 1. The molecular weight excluding hydrogens is 346 g/mol. The first-order valence-electron chi connectivity index (χ1n) is 9.26. The molecule has 1 N–H and O–H groups in total. The molecule has 5 heteroatoms. The summed E-state index contributed by atoms with van der Waals surface area (Å²) in [7, 11) is 1.40. The number of thiophene rings is 1. The summed E-state index contributed by atoms with van der Waals surface area (Å²) in [5.74, 6) is 0.254. The van der Waals surface area contributed by atoms with Gasteiger partial charge < -0.3 is 10.1 Å². The number of amides is 1. The highest BCUT2D eigenvalue weighted by atomic mass is 32.1. The van der Waals surface area contributed by atoms with Crippen LogP contribution in [0.1, 0.15) is 58.0 Å². The van der Waals surface area contributed by atoms with E-state index in [4.69, 9.17) is 4.74 Å². The van der Waals surface area contributed by atoms with Gasteiger partial charge in [0, 0.05) is 10.8 Å². The Labute approximate surface area is 157 Å². The van der Waals surface area contributed by atoms with Crippen molar-refractivity contribution < 1.29 is 14.3 Å². The average Bonchev–Trinajstić information content (AvgIpc) is 2.97. The van der Waals surface area contributed by atoms with Crippen molar-refractivity contribution in [2.45, 2.75) is 44.4 Å². The third kappa shape index (κ3) is 3.16. The number of ether oxygens (including phenoxy) is 1. The van der Waals surface area contributed by atoms with Gasteiger partial charge >= 0.3 is 5.97 Å². The van der Waals surface area contributed by atoms with Gasteiger partial charge in [-0.25, -0.2) is 4.79 Å². The zero-order valence-electron chi connectivity index (χ0n) is 14.9. The maximum absolute atomic E-state index is 12.4. The normalized spacial score (nSPS) is 19.3. The second kappa shape index (κ2) is 7.23. The summed E-state index contributed by atoms with van der Waals surface area (Å²) >= 11 is 1.55. The molecule has 0 radical (unpaired) electrons. The molecule has 1 heterocycles. The van der Waals surface area contributed by atoms with Crippen molar-refractivity contribution in [3.8, 4) is 0 Å². The average molecular weight is 369 g/mol. The number of rotatable bonds is 4. The monoisotopic (exact) mass is 369 g/mol. The van der Waals surface area contributed by atoms with Gasteiger partial charge in [-0.1, -0.05) is 36.8 Å². The van der Waals surface area contributed by atoms with E-state index in [1.165, 1.54) is 17.6 Å². The minimum atomic E-state index is -0.343. The molecule has 1 aromatic heterocycles. The molecule has 0 unspecified atom stereocenters. The molecule has 2 aliphatic carbocycles. The quantitative estimate of drug-likeness (QED) is 0.805. The summed E-state index contributed by atoms with van der Waals surface area (Å²) in [6, 6.07) is 10.5. The summed E-state index contributed by atoms with van der Waals surface area (Å²) in [6.45, 7) is 0. The number of methoxy groups -OCH3 is 1. The van der Waals surface area contributed by atoms with Crippen molar-refractivity contribution in [2.75, 3.05) is 12.4 Å². The molecule has 26 heavy (non-hydrogen) atoms. The predicted octanol–water partition coefficient (Wildman–Crippen LogP) is 4.55. The van der Waals surface area contributed by atoms with Gasteiger partial charge in [-0.05, 0) is 49.1 Å². The zero-order chi connectivity index (χ0) is 18.1. The first-order chi connectivity index (χ1) is 12.7. The first kappa shape index (κ1) is 17.3. The van der Waals surface area contributed by atoms with Crippen LogP contribution >= 0.6 is 11.3 Å². The highest BCUT2D eigenvalue weighted by Crippen LogP contribution is 2.43. The highest BCUT2D eigenvalue weighted by molar-refractivity contribution is 7.17. The number of hydrogen-bond donors (Lipinski definition) is 1. The molecule has 0 saturated heterocycles. The van der Waals surface area contributed by atoms with E-state index >= 15 is 0 Å². The maximum atomic E-state index is 12.4. The van der Waals surface area contributed by atoms with Crippen LogP contribution in [-0.4, -0.2) is 19.0 Å². The molecule has 2 aromatic rings. The van der Waals surface area contributed by atoms with Gasteiger partial charge in [0.2, 0.25) is 5.91 Å². The molecule has 2 aliphatic rings. The number of hydrogen-bond acceptors (Lipinski definition) is 4. The zero-order valence-corrected chi connectivity index (χ0v) is 15.7. The Hall–Kier alpha value is -2.14. The Kier molecular flexibility index (Phi) is 4.81. The topological polar surface area (TPSA) is 55.4 Å². The van der Waals surface area contributed by atoms with Gasteiger partial charge in [0.05, 0.1) is 12.7 Å². The van der Waals surface area contributed by atoms with Gasteiger partial charge in [-0.15, -0.1) is 11.3 Å². The Morgan fingerprint density at radius 3 is 2.58 bits per heavy atom. The molecule has 4 nitrogen and oxygen atoms in total. The van der Waals surface area contributed by atoms with Crippen molar-refractivity contribution in [3.63, 3.8) is 0 Å². The SMILES string of the molecule is COC(=O)c1c(NC(=O)C2CCC2)sc2c1CC[C@@H](c1ccccc1)C2. The second-order valence-corrected chi connectivity index (χ2v) is 8.27. The van der Waals surface area contributed by atoms with E-state index < -0.39 is 0 Å². The third-order valence-corrected chi connectivity index (χ3v) is 6.81. The van der Waals surface area contributed by atoms with E-state index in [9.17, 15) is 9.59 Å². The van der Waals surface area contributed by atoms with Crippen molar-refractivity contribution in [1.29, 1.82) is 0 Å². The van der Waals surface area contributed by atoms with Gasteiger partial charge in [0.15, 0.2) is 0 Å². The molecule has 1 amide bonds. The lowest BCUT2D eigenvalue weighted by Gasteiger charge is -2.24. The lowest BCUT2D eigenvalue weighted by Crippen LogP contribution is -2.28. The van der Waals surface area contributed by atoms with Gasteiger partial charge in [-0.2, -0.15) is 0 Å². The molecule has 1 aromatic carbocycles. The van der Waals surface area contributed by atoms with E-state index in [0.29, 0.717) is 16.5 Å². The van der Waals surface area contributed by atoms with Crippen LogP contribution in [0, 0.1) is 5.92 Å². The fraction of sp³-hybridized carbons (Fsp3) is 0.429. The first-order valence-corrected chi connectivity index (χ1v) is 10.1. The maximum Gasteiger partial charge on any atom is 0.341 e.